The first kappa shape index (κ1) is 15.2. The normalized spacial score (nSPS) is 24.3. The zero-order chi connectivity index (χ0) is 14.1. The highest BCUT2D eigenvalue weighted by Crippen LogP contribution is 2.35. The van der Waals surface area contributed by atoms with E-state index < -0.39 is 28.3 Å². The van der Waals surface area contributed by atoms with Crippen molar-refractivity contribution in [3.05, 3.63) is 11.8 Å². The van der Waals surface area contributed by atoms with Gasteiger partial charge in [-0.1, -0.05) is 15.9 Å². The molecule has 0 aromatic rings. The van der Waals surface area contributed by atoms with Crippen LogP contribution < -0.4 is 0 Å². The van der Waals surface area contributed by atoms with Gasteiger partial charge in [-0.15, -0.1) is 0 Å². The summed E-state index contributed by atoms with van der Waals surface area (Å²) in [7, 11) is 0. The van der Waals surface area contributed by atoms with Crippen LogP contribution in [0.1, 0.15) is 27.7 Å². The number of ether oxygens (including phenoxy) is 2. The summed E-state index contributed by atoms with van der Waals surface area (Å²) in [5.74, 6) is -2.18. The molecule has 3 atom stereocenters. The lowest BCUT2D eigenvalue weighted by Crippen LogP contribution is -2.54. The van der Waals surface area contributed by atoms with Crippen molar-refractivity contribution in [2.24, 2.45) is 5.92 Å². The van der Waals surface area contributed by atoms with Gasteiger partial charge < -0.3 is 14.6 Å². The van der Waals surface area contributed by atoms with E-state index in [0.29, 0.717) is 5.76 Å². The van der Waals surface area contributed by atoms with Gasteiger partial charge in [0.05, 0.1) is 10.9 Å². The van der Waals surface area contributed by atoms with E-state index in [9.17, 15) is 14.7 Å². The highest BCUT2D eigenvalue weighted by molar-refractivity contribution is 9.09. The number of cyclic esters (lactones) is 1. The van der Waals surface area contributed by atoms with Crippen molar-refractivity contribution < 1.29 is 24.2 Å². The number of alkyl halides is 1. The Balaban J connectivity index is 3.08. The number of aliphatic hydroxyl groups is 1. The van der Waals surface area contributed by atoms with E-state index in [1.165, 1.54) is 6.08 Å². The van der Waals surface area contributed by atoms with Gasteiger partial charge in [-0.3, -0.25) is 4.79 Å². The fraction of sp³-hybridized carbons (Fsp3) is 0.667. The van der Waals surface area contributed by atoms with E-state index >= 15 is 0 Å². The Bertz CT molecular complexity index is 388. The Morgan fingerprint density at radius 1 is 1.56 bits per heavy atom. The molecule has 0 saturated carbocycles. The van der Waals surface area contributed by atoms with Gasteiger partial charge in [0.25, 0.3) is 0 Å². The molecule has 0 radical (unpaired) electrons. The summed E-state index contributed by atoms with van der Waals surface area (Å²) < 4.78 is 9.88. The van der Waals surface area contributed by atoms with Crippen molar-refractivity contribution in [1.29, 1.82) is 0 Å². The third-order valence-corrected chi connectivity index (χ3v) is 3.37. The molecule has 1 heterocycles. The van der Waals surface area contributed by atoms with Gasteiger partial charge in [0.2, 0.25) is 0 Å². The fourth-order valence-electron chi connectivity index (χ4n) is 1.71. The lowest BCUT2D eigenvalue weighted by molar-refractivity contribution is -0.178. The largest absolute Gasteiger partial charge is 0.461 e. The zero-order valence-corrected chi connectivity index (χ0v) is 12.4. The Hall–Kier alpha value is -0.880. The third-order valence-electron chi connectivity index (χ3n) is 2.67. The quantitative estimate of drug-likeness (QED) is 0.628. The predicted molar refractivity (Wildman–Crippen MR) is 67.9 cm³/mol. The minimum absolute atomic E-state index is 0.369. The monoisotopic (exact) mass is 320 g/mol. The summed E-state index contributed by atoms with van der Waals surface area (Å²) in [6.07, 6.45) is 1.06. The minimum atomic E-state index is -1.97. The maximum absolute atomic E-state index is 12.0. The average Bonchev–Trinajstić information content (AvgIpc) is 2.55. The van der Waals surface area contributed by atoms with E-state index in [-0.39, 0.29) is 6.10 Å². The minimum Gasteiger partial charge on any atom is -0.461 e. The molecule has 5 nitrogen and oxygen atoms in total. The predicted octanol–water partition coefficient (Wildman–Crippen LogP) is 1.53. The maximum atomic E-state index is 12.0. The lowest BCUT2D eigenvalue weighted by Gasteiger charge is -2.31. The summed E-state index contributed by atoms with van der Waals surface area (Å²) in [4.78, 5) is 23.0. The molecule has 1 rings (SSSR count). The molecule has 0 aliphatic carbocycles. The number of allylic oxidation sites excluding steroid dienone is 1. The molecule has 18 heavy (non-hydrogen) atoms. The lowest BCUT2D eigenvalue weighted by atomic mass is 9.85. The summed E-state index contributed by atoms with van der Waals surface area (Å²) in [5.41, 5.74) is -1.97. The molecule has 0 saturated heterocycles. The maximum Gasteiger partial charge on any atom is 0.340 e. The van der Waals surface area contributed by atoms with E-state index in [2.05, 4.69) is 15.9 Å². The highest BCUT2D eigenvalue weighted by Gasteiger charge is 2.54. The molecule has 0 unspecified atom stereocenters. The molecular formula is C12H17BrO5. The second-order valence-electron chi connectivity index (χ2n) is 4.57. The third kappa shape index (κ3) is 2.75. The SMILES string of the molecule is CC1=C[C@H]([C@](O)(C(=O)OC(C)C)[C@H](C)Br)C(=O)O1. The van der Waals surface area contributed by atoms with Gasteiger partial charge in [-0.2, -0.15) is 0 Å². The molecule has 0 aromatic heterocycles. The van der Waals surface area contributed by atoms with Crippen molar-refractivity contribution in [1.82, 2.24) is 0 Å². The molecule has 1 aliphatic heterocycles. The molecule has 0 aromatic carbocycles. The van der Waals surface area contributed by atoms with Gasteiger partial charge >= 0.3 is 11.9 Å². The smallest absolute Gasteiger partial charge is 0.340 e. The molecule has 0 bridgehead atoms. The molecule has 0 fully saturated rings. The average molecular weight is 321 g/mol. The summed E-state index contributed by atoms with van der Waals surface area (Å²) in [5, 5.41) is 10.5. The van der Waals surface area contributed by atoms with Gasteiger partial charge in [0.1, 0.15) is 11.7 Å². The van der Waals surface area contributed by atoms with Crippen LogP contribution in [0.25, 0.3) is 0 Å². The first-order valence-corrected chi connectivity index (χ1v) is 6.58. The fourth-order valence-corrected chi connectivity index (χ4v) is 2.18. The number of carbonyl (C=O) groups is 2. The molecule has 0 amide bonds. The Kier molecular flexibility index (Phi) is 4.55. The van der Waals surface area contributed by atoms with Crippen LogP contribution in [0, 0.1) is 5.92 Å². The first-order chi connectivity index (χ1) is 8.19. The number of esters is 2. The standard InChI is InChI=1S/C12H17BrO5/c1-6(2)17-11(15)12(16,8(4)13)9-5-7(3)18-10(9)14/h5-6,8-9,16H,1-4H3/t8-,9-,12-/m0/s1. The number of rotatable bonds is 4. The van der Waals surface area contributed by atoms with Crippen LogP contribution in [0.15, 0.2) is 11.8 Å². The van der Waals surface area contributed by atoms with Crippen molar-refractivity contribution in [3.8, 4) is 0 Å². The van der Waals surface area contributed by atoms with Gasteiger partial charge in [0, 0.05) is 0 Å². The first-order valence-electron chi connectivity index (χ1n) is 5.67. The van der Waals surface area contributed by atoms with Crippen molar-refractivity contribution in [2.45, 2.75) is 44.2 Å². The van der Waals surface area contributed by atoms with Crippen LogP contribution in [-0.4, -0.2) is 33.6 Å². The van der Waals surface area contributed by atoms with Gasteiger partial charge in [-0.05, 0) is 33.8 Å². The number of hydrogen-bond donors (Lipinski definition) is 1. The van der Waals surface area contributed by atoms with Crippen molar-refractivity contribution >= 4 is 27.9 Å². The zero-order valence-electron chi connectivity index (χ0n) is 10.8. The molecule has 1 aliphatic rings. The second-order valence-corrected chi connectivity index (χ2v) is 5.95. The number of halogens is 1. The second kappa shape index (κ2) is 5.40. The number of hydrogen-bond acceptors (Lipinski definition) is 5. The van der Waals surface area contributed by atoms with Crippen LogP contribution in [-0.2, 0) is 19.1 Å². The molecule has 0 spiro atoms. The van der Waals surface area contributed by atoms with E-state index in [1.807, 2.05) is 0 Å². The highest BCUT2D eigenvalue weighted by atomic mass is 79.9. The van der Waals surface area contributed by atoms with Gasteiger partial charge in [0.15, 0.2) is 5.60 Å². The summed E-state index contributed by atoms with van der Waals surface area (Å²) in [6.45, 7) is 6.51. The Morgan fingerprint density at radius 2 is 2.11 bits per heavy atom. The van der Waals surface area contributed by atoms with Crippen LogP contribution >= 0.6 is 15.9 Å². The van der Waals surface area contributed by atoms with Crippen LogP contribution in [0.3, 0.4) is 0 Å². The molecule has 102 valence electrons. The number of carbonyl (C=O) groups excluding carboxylic acids is 2. The van der Waals surface area contributed by atoms with Gasteiger partial charge in [-0.25, -0.2) is 4.79 Å². The van der Waals surface area contributed by atoms with Crippen molar-refractivity contribution in [2.75, 3.05) is 0 Å². The Morgan fingerprint density at radius 3 is 2.44 bits per heavy atom. The van der Waals surface area contributed by atoms with E-state index in [4.69, 9.17) is 9.47 Å². The molecule has 1 N–H and O–H groups in total. The van der Waals surface area contributed by atoms with E-state index in [0.717, 1.165) is 0 Å². The van der Waals surface area contributed by atoms with E-state index in [1.54, 1.807) is 27.7 Å². The van der Waals surface area contributed by atoms with Crippen LogP contribution in [0.2, 0.25) is 0 Å². The topological polar surface area (TPSA) is 72.8 Å². The van der Waals surface area contributed by atoms with Crippen molar-refractivity contribution in [3.63, 3.8) is 0 Å². The summed E-state index contributed by atoms with van der Waals surface area (Å²) >= 11 is 3.16. The Labute approximate surface area is 114 Å². The van der Waals surface area contributed by atoms with Crippen LogP contribution in [0.4, 0.5) is 0 Å². The molecule has 6 heteroatoms. The summed E-state index contributed by atoms with van der Waals surface area (Å²) in [6, 6.07) is 0. The molecular weight excluding hydrogens is 304 g/mol. The van der Waals surface area contributed by atoms with Crippen LogP contribution in [0.5, 0.6) is 0 Å².